The standard InChI is InChI=1S/C41H53N7O8/c1-5-25(4)35-39(54)45-29(19-24(2)3)40(55)47-18-12-17-31(47)37(52)42-23-33(49)43-28(20-26-13-8-6-9-14-26)36(51)44-30-22-34(50)48(41(30)56)32(38(53)46-35)21-27-15-10-7-11-16-27/h6-11,13-16,24-25,28-32,35H,5,12,17-23H2,1-4H3,(H,42,52)(H,43,49)(H,44,51)(H,45,54)(H,46,53)/t25?,28-,29-,30-,31-,32-,35-/m0/s1. The molecular weight excluding hydrogens is 718 g/mol. The molecule has 3 heterocycles. The first kappa shape index (κ1) is 41.6. The summed E-state index contributed by atoms with van der Waals surface area (Å²) in [6.07, 6.45) is 1.11. The molecule has 3 fully saturated rings. The summed E-state index contributed by atoms with van der Waals surface area (Å²) in [6.45, 7) is 7.19. The van der Waals surface area contributed by atoms with Crippen LogP contribution in [-0.2, 0) is 51.2 Å². The van der Waals surface area contributed by atoms with Crippen molar-refractivity contribution in [3.05, 3.63) is 71.8 Å². The summed E-state index contributed by atoms with van der Waals surface area (Å²) in [5.41, 5.74) is 1.35. The number of fused-ring (bicyclic) bond motifs is 3. The topological polar surface area (TPSA) is 203 Å². The maximum Gasteiger partial charge on any atom is 0.253 e. The third-order valence-electron chi connectivity index (χ3n) is 10.7. The van der Waals surface area contributed by atoms with E-state index in [2.05, 4.69) is 26.6 Å². The van der Waals surface area contributed by atoms with E-state index < -0.39 is 102 Å². The fraction of sp³-hybridized carbons (Fsp3) is 0.512. The van der Waals surface area contributed by atoms with E-state index in [1.807, 2.05) is 20.8 Å². The molecule has 3 aliphatic rings. The fourth-order valence-electron chi connectivity index (χ4n) is 7.50. The predicted octanol–water partition coefficient (Wildman–Crippen LogP) is 0.752. The molecule has 56 heavy (non-hydrogen) atoms. The van der Waals surface area contributed by atoms with E-state index in [9.17, 15) is 38.4 Å². The van der Waals surface area contributed by atoms with Gasteiger partial charge in [0.2, 0.25) is 41.4 Å². The molecule has 15 nitrogen and oxygen atoms in total. The number of amides is 8. The Morgan fingerprint density at radius 1 is 0.696 bits per heavy atom. The first-order valence-electron chi connectivity index (χ1n) is 19.5. The number of carbonyl (C=O) groups excluding carboxylic acids is 8. The van der Waals surface area contributed by atoms with E-state index >= 15 is 0 Å². The molecular formula is C41H53N7O8. The average Bonchev–Trinajstić information content (AvgIpc) is 3.77. The first-order chi connectivity index (χ1) is 26.8. The molecule has 0 radical (unpaired) electrons. The van der Waals surface area contributed by atoms with Gasteiger partial charge in [0.05, 0.1) is 13.0 Å². The number of rotatable bonds is 8. The lowest BCUT2D eigenvalue weighted by Gasteiger charge is -2.32. The molecule has 5 rings (SSSR count). The van der Waals surface area contributed by atoms with Gasteiger partial charge in [0.15, 0.2) is 0 Å². The zero-order valence-electron chi connectivity index (χ0n) is 32.4. The number of imide groups is 1. The number of carbonyl (C=O) groups is 8. The lowest BCUT2D eigenvalue weighted by Crippen LogP contribution is -2.60. The molecule has 7 atom stereocenters. The van der Waals surface area contributed by atoms with Crippen molar-refractivity contribution < 1.29 is 38.4 Å². The zero-order chi connectivity index (χ0) is 40.5. The molecule has 300 valence electrons. The van der Waals surface area contributed by atoms with Crippen LogP contribution in [0.15, 0.2) is 60.7 Å². The third kappa shape index (κ3) is 10.2. The SMILES string of the molecule is CCC(C)[C@@H]1NC(=O)[C@H](Cc2ccccc2)N2C(=O)C[C@H](NC(=O)[C@H](Cc3ccccc3)NC(=O)CNC(=O)[C@@H]3CCCN3C(=O)[C@H](CC(C)C)NC1=O)C2=O. The summed E-state index contributed by atoms with van der Waals surface area (Å²) >= 11 is 0. The van der Waals surface area contributed by atoms with E-state index in [-0.39, 0.29) is 31.7 Å². The van der Waals surface area contributed by atoms with E-state index in [0.717, 1.165) is 4.90 Å². The molecule has 0 aromatic heterocycles. The van der Waals surface area contributed by atoms with Crippen molar-refractivity contribution in [3.63, 3.8) is 0 Å². The number of hydrogen-bond donors (Lipinski definition) is 5. The molecule has 0 aliphatic carbocycles. The minimum absolute atomic E-state index is 0.0319. The first-order valence-corrected chi connectivity index (χ1v) is 19.5. The van der Waals surface area contributed by atoms with Crippen LogP contribution in [0.4, 0.5) is 0 Å². The number of benzene rings is 2. The Morgan fingerprint density at radius 2 is 1.34 bits per heavy atom. The molecule has 5 N–H and O–H groups in total. The van der Waals surface area contributed by atoms with Crippen molar-refractivity contribution in [3.8, 4) is 0 Å². The second kappa shape index (κ2) is 18.8. The van der Waals surface area contributed by atoms with Gasteiger partial charge >= 0.3 is 0 Å². The lowest BCUT2D eigenvalue weighted by molar-refractivity contribution is -0.148. The molecule has 2 bridgehead atoms. The quantitative estimate of drug-likeness (QED) is 0.242. The normalized spacial score (nSPS) is 26.4. The minimum Gasteiger partial charge on any atom is -0.345 e. The third-order valence-corrected chi connectivity index (χ3v) is 10.7. The Bertz CT molecular complexity index is 1790. The Labute approximate surface area is 327 Å². The van der Waals surface area contributed by atoms with Gasteiger partial charge < -0.3 is 31.5 Å². The number of nitrogens with zero attached hydrogens (tertiary/aromatic N) is 2. The molecule has 0 saturated carbocycles. The average molecular weight is 772 g/mol. The van der Waals surface area contributed by atoms with E-state index in [4.69, 9.17) is 0 Å². The predicted molar refractivity (Wildman–Crippen MR) is 205 cm³/mol. The van der Waals surface area contributed by atoms with Gasteiger partial charge in [-0.25, -0.2) is 0 Å². The summed E-state index contributed by atoms with van der Waals surface area (Å²) in [5.74, 6) is -5.80. The number of hydrogen-bond acceptors (Lipinski definition) is 8. The van der Waals surface area contributed by atoms with Crippen LogP contribution in [0.3, 0.4) is 0 Å². The van der Waals surface area contributed by atoms with Crippen LogP contribution < -0.4 is 26.6 Å². The van der Waals surface area contributed by atoms with Crippen molar-refractivity contribution in [1.82, 2.24) is 36.4 Å². The van der Waals surface area contributed by atoms with E-state index in [1.54, 1.807) is 67.6 Å². The number of nitrogens with one attached hydrogen (secondary N) is 5. The molecule has 15 heteroatoms. The Hall–Kier alpha value is -5.60. The van der Waals surface area contributed by atoms with Crippen LogP contribution in [0, 0.1) is 11.8 Å². The van der Waals surface area contributed by atoms with Gasteiger partial charge in [-0.1, -0.05) is 94.8 Å². The maximum atomic E-state index is 14.4. The largest absolute Gasteiger partial charge is 0.345 e. The molecule has 1 unspecified atom stereocenters. The van der Waals surface area contributed by atoms with Crippen molar-refractivity contribution in [2.75, 3.05) is 13.1 Å². The van der Waals surface area contributed by atoms with Gasteiger partial charge in [0.1, 0.15) is 36.3 Å². The molecule has 3 aliphatic heterocycles. The maximum absolute atomic E-state index is 14.4. The Kier molecular flexibility index (Phi) is 14.0. The van der Waals surface area contributed by atoms with Crippen LogP contribution in [0.5, 0.6) is 0 Å². The summed E-state index contributed by atoms with van der Waals surface area (Å²) in [6, 6.07) is 10.7. The molecule has 2 aromatic carbocycles. The Balaban J connectivity index is 1.53. The van der Waals surface area contributed by atoms with Crippen LogP contribution in [0.2, 0.25) is 0 Å². The van der Waals surface area contributed by atoms with Gasteiger partial charge in [0, 0.05) is 19.4 Å². The highest BCUT2D eigenvalue weighted by atomic mass is 16.2. The van der Waals surface area contributed by atoms with E-state index in [1.165, 1.54) is 4.90 Å². The zero-order valence-corrected chi connectivity index (χ0v) is 32.4. The van der Waals surface area contributed by atoms with Crippen LogP contribution in [0.1, 0.15) is 70.9 Å². The highest BCUT2D eigenvalue weighted by molar-refractivity contribution is 6.10. The van der Waals surface area contributed by atoms with Gasteiger partial charge in [-0.2, -0.15) is 0 Å². The molecule has 2 aromatic rings. The highest BCUT2D eigenvalue weighted by Gasteiger charge is 2.47. The van der Waals surface area contributed by atoms with Crippen molar-refractivity contribution >= 4 is 47.3 Å². The van der Waals surface area contributed by atoms with Crippen molar-refractivity contribution in [2.45, 2.75) is 109 Å². The molecule has 0 spiro atoms. The smallest absolute Gasteiger partial charge is 0.253 e. The van der Waals surface area contributed by atoms with Crippen LogP contribution in [0.25, 0.3) is 0 Å². The lowest BCUT2D eigenvalue weighted by atomic mass is 9.95. The van der Waals surface area contributed by atoms with Gasteiger partial charge in [-0.3, -0.25) is 43.3 Å². The van der Waals surface area contributed by atoms with Crippen molar-refractivity contribution in [1.29, 1.82) is 0 Å². The van der Waals surface area contributed by atoms with Crippen molar-refractivity contribution in [2.24, 2.45) is 11.8 Å². The Morgan fingerprint density at radius 3 is 1.96 bits per heavy atom. The second-order valence-electron chi connectivity index (χ2n) is 15.4. The summed E-state index contributed by atoms with van der Waals surface area (Å²) in [7, 11) is 0. The van der Waals surface area contributed by atoms with Crippen LogP contribution >= 0.6 is 0 Å². The minimum atomic E-state index is -1.39. The summed E-state index contributed by atoms with van der Waals surface area (Å²) in [5, 5.41) is 13.5. The second-order valence-corrected chi connectivity index (χ2v) is 15.4. The summed E-state index contributed by atoms with van der Waals surface area (Å²) in [4.78, 5) is 113. The highest BCUT2D eigenvalue weighted by Crippen LogP contribution is 2.23. The van der Waals surface area contributed by atoms with Gasteiger partial charge in [-0.15, -0.1) is 0 Å². The molecule has 3 saturated heterocycles. The van der Waals surface area contributed by atoms with Gasteiger partial charge in [-0.05, 0) is 42.2 Å². The van der Waals surface area contributed by atoms with Gasteiger partial charge in [0.25, 0.3) is 5.91 Å². The van der Waals surface area contributed by atoms with Crippen LogP contribution in [-0.4, -0.2) is 106 Å². The fourth-order valence-corrected chi connectivity index (χ4v) is 7.50. The van der Waals surface area contributed by atoms with E-state index in [0.29, 0.717) is 30.4 Å². The summed E-state index contributed by atoms with van der Waals surface area (Å²) < 4.78 is 0. The monoisotopic (exact) mass is 771 g/mol. The molecule has 8 amide bonds.